The lowest BCUT2D eigenvalue weighted by Gasteiger charge is -2.41. The number of ether oxygens (including phenoxy) is 1. The molecule has 1 aliphatic heterocycles. The van der Waals surface area contributed by atoms with E-state index in [4.69, 9.17) is 4.74 Å². The van der Waals surface area contributed by atoms with Crippen molar-refractivity contribution in [2.75, 3.05) is 33.8 Å². The summed E-state index contributed by atoms with van der Waals surface area (Å²) in [5.74, 6) is 2.32. The van der Waals surface area contributed by atoms with Crippen molar-refractivity contribution in [3.05, 3.63) is 35.4 Å². The minimum atomic E-state index is 0.288. The molecule has 1 heterocycles. The van der Waals surface area contributed by atoms with Crippen molar-refractivity contribution in [1.29, 1.82) is 0 Å². The van der Waals surface area contributed by atoms with E-state index in [1.54, 1.807) is 0 Å². The van der Waals surface area contributed by atoms with E-state index in [1.165, 1.54) is 18.4 Å². The summed E-state index contributed by atoms with van der Waals surface area (Å²) in [6.45, 7) is 4.87. The third-order valence-electron chi connectivity index (χ3n) is 6.95. The van der Waals surface area contributed by atoms with Crippen molar-refractivity contribution in [2.24, 2.45) is 17.8 Å². The number of carbonyl (C=O) groups excluding carboxylic acids is 1. The number of amides is 1. The number of hydrogen-bond acceptors (Lipinski definition) is 3. The number of aryl methyl sites for hydroxylation is 1. The van der Waals surface area contributed by atoms with E-state index in [1.807, 2.05) is 12.1 Å². The topological polar surface area (TPSA) is 32.8 Å². The van der Waals surface area contributed by atoms with Crippen LogP contribution in [0.5, 0.6) is 0 Å². The molecule has 4 nitrogen and oxygen atoms in total. The van der Waals surface area contributed by atoms with Gasteiger partial charge in [-0.2, -0.15) is 0 Å². The molecule has 0 N–H and O–H groups in total. The van der Waals surface area contributed by atoms with Gasteiger partial charge in [-0.15, -0.1) is 0 Å². The van der Waals surface area contributed by atoms with E-state index in [2.05, 4.69) is 43.0 Å². The molecule has 1 saturated heterocycles. The summed E-state index contributed by atoms with van der Waals surface area (Å²) < 4.78 is 6.35. The van der Waals surface area contributed by atoms with Crippen LogP contribution in [0.2, 0.25) is 0 Å². The number of nitrogens with zero attached hydrogens (tertiary/aromatic N) is 2. The number of likely N-dealkylation sites (tertiary alicyclic amines) is 1. The Kier molecular flexibility index (Phi) is 5.56. The molecule has 4 atom stereocenters. The molecule has 1 aromatic carbocycles. The third kappa shape index (κ3) is 4.38. The Balaban J connectivity index is 1.38. The standard InChI is InChI=1S/C23H34N2O2/c1-16-6-4-5-7-18(16)12-23(26)25-13-19-10-21(24(2)3)22(11-20(19)14-25)27-15-17-8-9-17/h4-7,17,19-22H,8-15H2,1-3H3/t19-,20+,21-,22-/m1/s1. The number of hydrogen-bond donors (Lipinski definition) is 0. The van der Waals surface area contributed by atoms with E-state index in [-0.39, 0.29) is 5.91 Å². The van der Waals surface area contributed by atoms with Crippen LogP contribution >= 0.6 is 0 Å². The summed E-state index contributed by atoms with van der Waals surface area (Å²) in [5, 5.41) is 0. The third-order valence-corrected chi connectivity index (χ3v) is 6.95. The summed E-state index contributed by atoms with van der Waals surface area (Å²) in [6, 6.07) is 8.73. The molecule has 4 rings (SSSR count). The lowest BCUT2D eigenvalue weighted by Crippen LogP contribution is -2.48. The van der Waals surface area contributed by atoms with E-state index in [0.717, 1.165) is 44.0 Å². The van der Waals surface area contributed by atoms with Gasteiger partial charge in [0.1, 0.15) is 0 Å². The van der Waals surface area contributed by atoms with Crippen molar-refractivity contribution < 1.29 is 9.53 Å². The average Bonchev–Trinajstić information content (AvgIpc) is 3.38. The number of likely N-dealkylation sites (N-methyl/N-ethyl adjacent to an activating group) is 1. The van der Waals surface area contributed by atoms with E-state index in [9.17, 15) is 4.79 Å². The molecule has 27 heavy (non-hydrogen) atoms. The van der Waals surface area contributed by atoms with Gasteiger partial charge in [0.25, 0.3) is 0 Å². The quantitative estimate of drug-likeness (QED) is 0.771. The molecule has 3 fully saturated rings. The van der Waals surface area contributed by atoms with Gasteiger partial charge < -0.3 is 14.5 Å². The maximum absolute atomic E-state index is 12.9. The Morgan fingerprint density at radius 1 is 1.15 bits per heavy atom. The molecule has 0 bridgehead atoms. The lowest BCUT2D eigenvalue weighted by atomic mass is 9.77. The summed E-state index contributed by atoms with van der Waals surface area (Å²) in [7, 11) is 4.35. The molecule has 2 saturated carbocycles. The molecule has 1 aromatic rings. The van der Waals surface area contributed by atoms with Gasteiger partial charge in [-0.3, -0.25) is 4.79 Å². The van der Waals surface area contributed by atoms with Crippen molar-refractivity contribution >= 4 is 5.91 Å². The summed E-state index contributed by atoms with van der Waals surface area (Å²) >= 11 is 0. The van der Waals surface area contributed by atoms with Gasteiger partial charge in [-0.25, -0.2) is 0 Å². The SMILES string of the molecule is Cc1ccccc1CC(=O)N1C[C@H]2C[C@@H](N(C)C)[C@H](OCC3CC3)C[C@H]2C1. The van der Waals surface area contributed by atoms with Crippen molar-refractivity contribution in [3.8, 4) is 0 Å². The second-order valence-electron chi connectivity index (χ2n) is 9.24. The second kappa shape index (κ2) is 7.92. The number of rotatable bonds is 6. The predicted molar refractivity (Wildman–Crippen MR) is 108 cm³/mol. The first-order valence-corrected chi connectivity index (χ1v) is 10.6. The Hall–Kier alpha value is -1.39. The molecule has 148 valence electrons. The molecule has 4 heteroatoms. The van der Waals surface area contributed by atoms with Gasteiger partial charge in [0, 0.05) is 25.7 Å². The van der Waals surface area contributed by atoms with Gasteiger partial charge in [-0.1, -0.05) is 24.3 Å². The van der Waals surface area contributed by atoms with Crippen LogP contribution in [0.3, 0.4) is 0 Å². The van der Waals surface area contributed by atoms with Crippen LogP contribution in [0.1, 0.15) is 36.8 Å². The highest BCUT2D eigenvalue weighted by atomic mass is 16.5. The summed E-state index contributed by atoms with van der Waals surface area (Å²) in [5.41, 5.74) is 2.37. The second-order valence-corrected chi connectivity index (χ2v) is 9.24. The fourth-order valence-corrected chi connectivity index (χ4v) is 4.94. The van der Waals surface area contributed by atoms with E-state index < -0.39 is 0 Å². The maximum atomic E-state index is 12.9. The number of carbonyl (C=O) groups is 1. The van der Waals surface area contributed by atoms with Crippen molar-refractivity contribution in [2.45, 2.75) is 51.2 Å². The van der Waals surface area contributed by atoms with E-state index in [0.29, 0.717) is 30.4 Å². The largest absolute Gasteiger partial charge is 0.376 e. The normalized spacial score (nSPS) is 30.6. The van der Waals surface area contributed by atoms with Crippen LogP contribution in [-0.4, -0.2) is 61.6 Å². The van der Waals surface area contributed by atoms with Crippen LogP contribution in [0.15, 0.2) is 24.3 Å². The minimum absolute atomic E-state index is 0.288. The fraction of sp³-hybridized carbons (Fsp3) is 0.696. The highest BCUT2D eigenvalue weighted by molar-refractivity contribution is 5.79. The number of fused-ring (bicyclic) bond motifs is 1. The molecule has 0 aromatic heterocycles. The van der Waals surface area contributed by atoms with Crippen LogP contribution in [0.25, 0.3) is 0 Å². The monoisotopic (exact) mass is 370 g/mol. The van der Waals surface area contributed by atoms with Gasteiger partial charge in [0.05, 0.1) is 12.5 Å². The molecule has 1 amide bonds. The van der Waals surface area contributed by atoms with Gasteiger partial charge in [0.15, 0.2) is 0 Å². The molecule has 0 radical (unpaired) electrons. The van der Waals surface area contributed by atoms with Crippen LogP contribution in [0, 0.1) is 24.7 Å². The molecular weight excluding hydrogens is 336 g/mol. The Labute approximate surface area is 163 Å². The predicted octanol–water partition coefficient (Wildman–Crippen LogP) is 3.13. The zero-order valence-electron chi connectivity index (χ0n) is 17.1. The summed E-state index contributed by atoms with van der Waals surface area (Å²) in [6.07, 6.45) is 5.80. The van der Waals surface area contributed by atoms with Gasteiger partial charge >= 0.3 is 0 Å². The maximum Gasteiger partial charge on any atom is 0.227 e. The molecule has 3 aliphatic rings. The fourth-order valence-electron chi connectivity index (χ4n) is 4.94. The Morgan fingerprint density at radius 2 is 1.85 bits per heavy atom. The molecular formula is C23H34N2O2. The van der Waals surface area contributed by atoms with Crippen molar-refractivity contribution in [1.82, 2.24) is 9.80 Å². The molecule has 0 unspecified atom stereocenters. The molecule has 2 aliphatic carbocycles. The van der Waals surface area contributed by atoms with Crippen LogP contribution in [-0.2, 0) is 16.0 Å². The zero-order valence-corrected chi connectivity index (χ0v) is 17.1. The first-order valence-electron chi connectivity index (χ1n) is 10.6. The van der Waals surface area contributed by atoms with Gasteiger partial charge in [0.2, 0.25) is 5.91 Å². The smallest absolute Gasteiger partial charge is 0.227 e. The first kappa shape index (κ1) is 18.9. The first-order chi connectivity index (χ1) is 13.0. The Morgan fingerprint density at radius 3 is 2.52 bits per heavy atom. The van der Waals surface area contributed by atoms with Crippen LogP contribution < -0.4 is 0 Å². The van der Waals surface area contributed by atoms with Crippen LogP contribution in [0.4, 0.5) is 0 Å². The highest BCUT2D eigenvalue weighted by Gasteiger charge is 2.44. The van der Waals surface area contributed by atoms with E-state index >= 15 is 0 Å². The zero-order chi connectivity index (χ0) is 19.0. The summed E-state index contributed by atoms with van der Waals surface area (Å²) in [4.78, 5) is 17.4. The minimum Gasteiger partial charge on any atom is -0.376 e. The highest BCUT2D eigenvalue weighted by Crippen LogP contribution is 2.40. The average molecular weight is 371 g/mol. The Bertz CT molecular complexity index is 670. The van der Waals surface area contributed by atoms with Crippen molar-refractivity contribution in [3.63, 3.8) is 0 Å². The lowest BCUT2D eigenvalue weighted by molar-refractivity contribution is -0.129. The molecule has 0 spiro atoms. The number of benzene rings is 1. The van der Waals surface area contributed by atoms with Gasteiger partial charge in [-0.05, 0) is 75.6 Å².